The molecule has 0 radical (unpaired) electrons. The summed E-state index contributed by atoms with van der Waals surface area (Å²) in [5.41, 5.74) is -0.399. The smallest absolute Gasteiger partial charge is 0.331 e. The first-order valence-corrected chi connectivity index (χ1v) is 12.0. The van der Waals surface area contributed by atoms with E-state index in [1.807, 2.05) is 0 Å². The summed E-state index contributed by atoms with van der Waals surface area (Å²) >= 11 is 1.02. The van der Waals surface area contributed by atoms with E-state index < -0.39 is 34.9 Å². The van der Waals surface area contributed by atoms with Crippen molar-refractivity contribution in [1.82, 2.24) is 4.98 Å². The molecule has 0 unspecified atom stereocenters. The first-order valence-electron chi connectivity index (χ1n) is 11.2. The van der Waals surface area contributed by atoms with Crippen LogP contribution in [0.1, 0.15) is 61.0 Å². The monoisotopic (exact) mass is 512 g/mol. The molecule has 0 bridgehead atoms. The van der Waals surface area contributed by atoms with Crippen LogP contribution < -0.4 is 5.32 Å². The summed E-state index contributed by atoms with van der Waals surface area (Å²) in [6.45, 7) is 3.29. The number of carbonyl (C=O) groups excluding carboxylic acids is 1. The predicted octanol–water partition coefficient (Wildman–Crippen LogP) is 6.90. The van der Waals surface area contributed by atoms with Crippen molar-refractivity contribution >= 4 is 34.4 Å². The molecule has 1 amide bonds. The van der Waals surface area contributed by atoms with Crippen LogP contribution in [0.25, 0.3) is 17.3 Å². The molecule has 0 atom stereocenters. The van der Waals surface area contributed by atoms with E-state index >= 15 is 0 Å². The van der Waals surface area contributed by atoms with Crippen molar-refractivity contribution < 1.29 is 27.9 Å². The highest BCUT2D eigenvalue weighted by Gasteiger charge is 2.18. The highest BCUT2D eigenvalue weighted by atomic mass is 32.1. The maximum absolute atomic E-state index is 15.0. The minimum atomic E-state index is -1.32. The summed E-state index contributed by atoms with van der Waals surface area (Å²) in [7, 11) is 0. The zero-order valence-corrected chi connectivity index (χ0v) is 20.4. The molecule has 2 N–H and O–H groups in total. The molecule has 186 valence electrons. The number of carboxylic acids is 1. The molecule has 0 aliphatic rings. The van der Waals surface area contributed by atoms with E-state index in [1.165, 1.54) is 6.92 Å². The van der Waals surface area contributed by atoms with Gasteiger partial charge in [0.05, 0.1) is 11.3 Å². The number of nitrogens with zero attached hydrogens (tertiary/aromatic N) is 1. The average Bonchev–Trinajstić information content (AvgIpc) is 3.29. The normalized spacial score (nSPS) is 11.1. The molecule has 0 spiro atoms. The zero-order chi connectivity index (χ0) is 26.2. The van der Waals surface area contributed by atoms with Gasteiger partial charge in [-0.2, -0.15) is 0 Å². The summed E-state index contributed by atoms with van der Waals surface area (Å²) < 4.78 is 43.7. The van der Waals surface area contributed by atoms with Crippen molar-refractivity contribution in [3.63, 3.8) is 0 Å². The van der Waals surface area contributed by atoms with Crippen LogP contribution in [0.2, 0.25) is 0 Å². The Morgan fingerprint density at radius 1 is 1.17 bits per heavy atom. The Morgan fingerprint density at radius 3 is 2.56 bits per heavy atom. The molecule has 0 saturated carbocycles. The molecule has 1 heterocycles. The first kappa shape index (κ1) is 26.7. The second-order valence-electron chi connectivity index (χ2n) is 7.90. The van der Waals surface area contributed by atoms with Crippen LogP contribution in [0.15, 0.2) is 41.3 Å². The largest absolute Gasteiger partial charge is 0.478 e. The molecule has 0 aliphatic heterocycles. The SMILES string of the molecule is CCCCCC#Cc1cccc(-c2csc(NC(=O)c3cc(F)c(C=C(C)C(=O)O)c(F)c3)n2)c1F. The Hall–Kier alpha value is -3.90. The number of benzene rings is 2. The summed E-state index contributed by atoms with van der Waals surface area (Å²) in [5.74, 6) is 0.978. The van der Waals surface area contributed by atoms with Crippen molar-refractivity contribution in [3.05, 3.63) is 75.4 Å². The summed E-state index contributed by atoms with van der Waals surface area (Å²) in [4.78, 5) is 27.7. The van der Waals surface area contributed by atoms with Crippen molar-refractivity contribution in [2.24, 2.45) is 0 Å². The van der Waals surface area contributed by atoms with Crippen LogP contribution in [-0.2, 0) is 4.79 Å². The second-order valence-corrected chi connectivity index (χ2v) is 8.76. The van der Waals surface area contributed by atoms with Crippen molar-refractivity contribution in [2.45, 2.75) is 39.5 Å². The molecule has 5 nitrogen and oxygen atoms in total. The van der Waals surface area contributed by atoms with E-state index in [0.717, 1.165) is 48.8 Å². The van der Waals surface area contributed by atoms with Gasteiger partial charge in [-0.15, -0.1) is 11.3 Å². The van der Waals surface area contributed by atoms with Crippen molar-refractivity contribution in [1.29, 1.82) is 0 Å². The number of carboxylic acid groups (broad SMARTS) is 1. The van der Waals surface area contributed by atoms with Gasteiger partial charge in [-0.25, -0.2) is 22.9 Å². The van der Waals surface area contributed by atoms with Gasteiger partial charge in [0.15, 0.2) is 5.13 Å². The number of anilines is 1. The van der Waals surface area contributed by atoms with E-state index in [4.69, 9.17) is 5.11 Å². The average molecular weight is 513 g/mol. The van der Waals surface area contributed by atoms with Gasteiger partial charge in [0.1, 0.15) is 17.5 Å². The summed E-state index contributed by atoms with van der Waals surface area (Å²) in [6, 6.07) is 6.40. The number of hydrogen-bond acceptors (Lipinski definition) is 4. The lowest BCUT2D eigenvalue weighted by Crippen LogP contribution is -2.13. The molecule has 3 aromatic rings. The van der Waals surface area contributed by atoms with Gasteiger partial charge >= 0.3 is 5.97 Å². The number of thiazole rings is 1. The minimum absolute atomic E-state index is 0.108. The van der Waals surface area contributed by atoms with Gasteiger partial charge in [-0.1, -0.05) is 37.7 Å². The lowest BCUT2D eigenvalue weighted by Gasteiger charge is -2.06. The van der Waals surface area contributed by atoms with Gasteiger partial charge in [-0.05, 0) is 43.7 Å². The Morgan fingerprint density at radius 2 is 1.89 bits per heavy atom. The van der Waals surface area contributed by atoms with E-state index in [-0.39, 0.29) is 33.1 Å². The third-order valence-electron chi connectivity index (χ3n) is 5.17. The zero-order valence-electron chi connectivity index (χ0n) is 19.6. The third-order valence-corrected chi connectivity index (χ3v) is 5.92. The third kappa shape index (κ3) is 6.61. The van der Waals surface area contributed by atoms with Crippen LogP contribution in [0, 0.1) is 29.3 Å². The Kier molecular flexibility index (Phi) is 9.03. The first-order chi connectivity index (χ1) is 17.2. The number of carbonyl (C=O) groups is 2. The van der Waals surface area contributed by atoms with E-state index in [0.29, 0.717) is 6.42 Å². The molecule has 1 aromatic heterocycles. The minimum Gasteiger partial charge on any atom is -0.478 e. The lowest BCUT2D eigenvalue weighted by atomic mass is 10.1. The van der Waals surface area contributed by atoms with E-state index in [9.17, 15) is 22.8 Å². The van der Waals surface area contributed by atoms with Crippen LogP contribution >= 0.6 is 11.3 Å². The van der Waals surface area contributed by atoms with Gasteiger partial charge in [-0.3, -0.25) is 10.1 Å². The quantitative estimate of drug-likeness (QED) is 0.196. The highest BCUT2D eigenvalue weighted by molar-refractivity contribution is 7.14. The fraction of sp³-hybridized carbons (Fsp3) is 0.222. The number of amides is 1. The number of aromatic nitrogens is 1. The molecule has 36 heavy (non-hydrogen) atoms. The number of aliphatic carboxylic acids is 1. The van der Waals surface area contributed by atoms with Crippen LogP contribution in [0.4, 0.5) is 18.3 Å². The Labute approximate surface area is 210 Å². The number of hydrogen-bond donors (Lipinski definition) is 2. The van der Waals surface area contributed by atoms with Gasteiger partial charge in [0, 0.05) is 34.1 Å². The van der Waals surface area contributed by atoms with Gasteiger partial charge < -0.3 is 5.11 Å². The fourth-order valence-electron chi connectivity index (χ4n) is 3.20. The fourth-order valence-corrected chi connectivity index (χ4v) is 3.91. The number of halogens is 3. The summed E-state index contributed by atoms with van der Waals surface area (Å²) in [5, 5.41) is 13.0. The standard InChI is InChI=1S/C27H23F3N2O3S/c1-3-4-5-6-7-9-17-10-8-11-19(24(17)30)23-15-36-27(31-23)32-25(33)18-13-21(28)20(22(29)14-18)12-16(2)26(34)35/h8,10-15H,3-6H2,1-2H3,(H,34,35)(H,31,32,33). The van der Waals surface area contributed by atoms with Gasteiger partial charge in [0.2, 0.25) is 0 Å². The molecule has 3 rings (SSSR count). The highest BCUT2D eigenvalue weighted by Crippen LogP contribution is 2.29. The van der Waals surface area contributed by atoms with Crippen molar-refractivity contribution in [2.75, 3.05) is 5.32 Å². The molecule has 0 saturated heterocycles. The Bertz CT molecular complexity index is 1360. The molecule has 0 fully saturated rings. The summed E-state index contributed by atoms with van der Waals surface area (Å²) in [6.07, 6.45) is 4.62. The maximum Gasteiger partial charge on any atom is 0.331 e. The molecule has 0 aliphatic carbocycles. The van der Waals surface area contributed by atoms with Crippen LogP contribution in [0.3, 0.4) is 0 Å². The Balaban J connectivity index is 1.77. The molecular weight excluding hydrogens is 489 g/mol. The number of rotatable bonds is 8. The van der Waals surface area contributed by atoms with Crippen molar-refractivity contribution in [3.8, 4) is 23.1 Å². The number of unbranched alkanes of at least 4 members (excludes halogenated alkanes) is 3. The molecule has 9 heteroatoms. The second kappa shape index (κ2) is 12.2. The topological polar surface area (TPSA) is 79.3 Å². The van der Waals surface area contributed by atoms with Gasteiger partial charge in [0.25, 0.3) is 5.91 Å². The predicted molar refractivity (Wildman–Crippen MR) is 134 cm³/mol. The van der Waals surface area contributed by atoms with E-state index in [2.05, 4.69) is 29.1 Å². The molecular formula is C27H23F3N2O3S. The van der Waals surface area contributed by atoms with E-state index in [1.54, 1.807) is 23.6 Å². The van der Waals surface area contributed by atoms with Crippen LogP contribution in [-0.4, -0.2) is 22.0 Å². The lowest BCUT2D eigenvalue weighted by molar-refractivity contribution is -0.132. The maximum atomic E-state index is 15.0. The van der Waals surface area contributed by atoms with Crippen LogP contribution in [0.5, 0.6) is 0 Å². The number of nitrogens with one attached hydrogen (secondary N) is 1. The molecule has 2 aromatic carbocycles.